The fourth-order valence-corrected chi connectivity index (χ4v) is 2.71. The summed E-state index contributed by atoms with van der Waals surface area (Å²) in [7, 11) is 1.56. The Morgan fingerprint density at radius 1 is 1.21 bits per heavy atom. The highest BCUT2D eigenvalue weighted by Gasteiger charge is 2.15. The predicted octanol–water partition coefficient (Wildman–Crippen LogP) is 1.98. The molecule has 1 N–H and O–H groups in total. The van der Waals surface area contributed by atoms with Gasteiger partial charge in [-0.1, -0.05) is 18.6 Å². The second-order valence-electron chi connectivity index (χ2n) is 5.83. The zero-order chi connectivity index (χ0) is 17.2. The zero-order valence-electron chi connectivity index (χ0n) is 14.3. The van der Waals surface area contributed by atoms with Crippen molar-refractivity contribution in [3.05, 3.63) is 24.3 Å². The first-order chi connectivity index (χ1) is 11.7. The normalized spacial score (nSPS) is 14.9. The van der Waals surface area contributed by atoms with Gasteiger partial charge in [0, 0.05) is 26.1 Å². The summed E-state index contributed by atoms with van der Waals surface area (Å²) in [5.74, 6) is 1.21. The summed E-state index contributed by atoms with van der Waals surface area (Å²) < 4.78 is 10.6. The Labute approximate surface area is 143 Å². The van der Waals surface area contributed by atoms with Crippen molar-refractivity contribution in [2.24, 2.45) is 0 Å². The van der Waals surface area contributed by atoms with Crippen LogP contribution >= 0.6 is 0 Å². The van der Waals surface area contributed by atoms with Crippen LogP contribution in [0.2, 0.25) is 0 Å². The second-order valence-corrected chi connectivity index (χ2v) is 5.83. The van der Waals surface area contributed by atoms with Crippen LogP contribution in [-0.4, -0.2) is 50.1 Å². The van der Waals surface area contributed by atoms with Gasteiger partial charge in [-0.3, -0.25) is 9.59 Å². The zero-order valence-corrected chi connectivity index (χ0v) is 14.3. The van der Waals surface area contributed by atoms with Crippen molar-refractivity contribution in [2.75, 3.05) is 33.4 Å². The maximum atomic E-state index is 11.9. The van der Waals surface area contributed by atoms with Crippen molar-refractivity contribution in [3.63, 3.8) is 0 Å². The smallest absolute Gasteiger partial charge is 0.257 e. The van der Waals surface area contributed by atoms with Crippen LogP contribution in [0.15, 0.2) is 24.3 Å². The standard InChI is InChI=1S/C18H26N2O4/c1-23-15-8-4-5-9-16(15)24-14-17(21)19-11-7-13-20-12-6-2-3-10-18(20)22/h4-5,8-9H,2-3,6-7,10-14H2,1H3,(H,19,21). The number of likely N-dealkylation sites (tertiary alicyclic amines) is 1. The van der Waals surface area contributed by atoms with E-state index in [1.807, 2.05) is 17.0 Å². The van der Waals surface area contributed by atoms with E-state index in [9.17, 15) is 9.59 Å². The van der Waals surface area contributed by atoms with E-state index in [0.29, 0.717) is 31.0 Å². The van der Waals surface area contributed by atoms with Crippen molar-refractivity contribution in [2.45, 2.75) is 32.1 Å². The van der Waals surface area contributed by atoms with E-state index in [1.54, 1.807) is 19.2 Å². The average Bonchev–Trinajstić information content (AvgIpc) is 2.81. The van der Waals surface area contributed by atoms with Crippen LogP contribution < -0.4 is 14.8 Å². The molecule has 1 fully saturated rings. The van der Waals surface area contributed by atoms with Gasteiger partial charge in [-0.25, -0.2) is 0 Å². The molecule has 24 heavy (non-hydrogen) atoms. The molecule has 0 saturated carbocycles. The van der Waals surface area contributed by atoms with Gasteiger partial charge >= 0.3 is 0 Å². The van der Waals surface area contributed by atoms with Gasteiger partial charge in [0.2, 0.25) is 5.91 Å². The van der Waals surface area contributed by atoms with E-state index in [-0.39, 0.29) is 18.4 Å². The molecule has 0 unspecified atom stereocenters. The lowest BCUT2D eigenvalue weighted by Crippen LogP contribution is -2.35. The van der Waals surface area contributed by atoms with Crippen LogP contribution in [0.3, 0.4) is 0 Å². The molecule has 0 aliphatic carbocycles. The second kappa shape index (κ2) is 9.80. The molecule has 1 aliphatic heterocycles. The van der Waals surface area contributed by atoms with E-state index < -0.39 is 0 Å². The van der Waals surface area contributed by atoms with Crippen LogP contribution in [-0.2, 0) is 9.59 Å². The summed E-state index contributed by atoms with van der Waals surface area (Å²) in [5.41, 5.74) is 0. The average molecular weight is 334 g/mol. The van der Waals surface area contributed by atoms with Crippen molar-refractivity contribution in [1.29, 1.82) is 0 Å². The van der Waals surface area contributed by atoms with Crippen LogP contribution in [0.4, 0.5) is 0 Å². The minimum Gasteiger partial charge on any atom is -0.493 e. The molecule has 132 valence electrons. The fourth-order valence-electron chi connectivity index (χ4n) is 2.71. The van der Waals surface area contributed by atoms with Gasteiger partial charge in [-0.15, -0.1) is 0 Å². The molecular formula is C18H26N2O4. The Morgan fingerprint density at radius 2 is 2.00 bits per heavy atom. The lowest BCUT2D eigenvalue weighted by atomic mass is 10.2. The monoisotopic (exact) mass is 334 g/mol. The van der Waals surface area contributed by atoms with Gasteiger partial charge in [-0.2, -0.15) is 0 Å². The first-order valence-electron chi connectivity index (χ1n) is 8.51. The molecule has 0 aromatic heterocycles. The lowest BCUT2D eigenvalue weighted by Gasteiger charge is -2.20. The molecule has 1 aliphatic rings. The van der Waals surface area contributed by atoms with E-state index in [1.165, 1.54) is 0 Å². The first kappa shape index (κ1) is 18.1. The molecule has 1 aromatic carbocycles. The molecule has 0 bridgehead atoms. The number of amides is 2. The molecule has 1 heterocycles. The molecular weight excluding hydrogens is 308 g/mol. The maximum Gasteiger partial charge on any atom is 0.257 e. The van der Waals surface area contributed by atoms with E-state index >= 15 is 0 Å². The quantitative estimate of drug-likeness (QED) is 0.738. The Morgan fingerprint density at radius 3 is 2.79 bits per heavy atom. The van der Waals surface area contributed by atoms with Crippen molar-refractivity contribution < 1.29 is 19.1 Å². The lowest BCUT2D eigenvalue weighted by molar-refractivity contribution is -0.130. The van der Waals surface area contributed by atoms with E-state index in [2.05, 4.69) is 5.32 Å². The maximum absolute atomic E-state index is 11.9. The minimum absolute atomic E-state index is 0.0526. The van der Waals surface area contributed by atoms with Gasteiger partial charge in [-0.05, 0) is 31.4 Å². The number of para-hydroxylation sites is 2. The first-order valence-corrected chi connectivity index (χ1v) is 8.51. The summed E-state index contributed by atoms with van der Waals surface area (Å²) in [4.78, 5) is 25.6. The number of hydrogen-bond acceptors (Lipinski definition) is 4. The van der Waals surface area contributed by atoms with Crippen LogP contribution in [0.25, 0.3) is 0 Å². The summed E-state index contributed by atoms with van der Waals surface area (Å²) >= 11 is 0. The van der Waals surface area contributed by atoms with Gasteiger partial charge in [0.15, 0.2) is 18.1 Å². The number of methoxy groups -OCH3 is 1. The molecule has 6 nitrogen and oxygen atoms in total. The number of carbonyl (C=O) groups is 2. The van der Waals surface area contributed by atoms with E-state index in [0.717, 1.165) is 32.2 Å². The third-order valence-electron chi connectivity index (χ3n) is 4.03. The highest BCUT2D eigenvalue weighted by Crippen LogP contribution is 2.25. The molecule has 2 amide bonds. The topological polar surface area (TPSA) is 67.9 Å². The number of rotatable bonds is 8. The molecule has 1 saturated heterocycles. The van der Waals surface area contributed by atoms with Crippen LogP contribution in [0, 0.1) is 0 Å². The van der Waals surface area contributed by atoms with Crippen molar-refractivity contribution in [1.82, 2.24) is 10.2 Å². The third-order valence-corrected chi connectivity index (χ3v) is 4.03. The van der Waals surface area contributed by atoms with Crippen LogP contribution in [0.1, 0.15) is 32.1 Å². The molecule has 6 heteroatoms. The summed E-state index contributed by atoms with van der Waals surface area (Å²) in [6, 6.07) is 7.21. The largest absolute Gasteiger partial charge is 0.493 e. The summed E-state index contributed by atoms with van der Waals surface area (Å²) in [5, 5.41) is 2.82. The SMILES string of the molecule is COc1ccccc1OCC(=O)NCCCN1CCCCCC1=O. The number of nitrogens with one attached hydrogen (secondary N) is 1. The number of carbonyl (C=O) groups excluding carboxylic acids is 2. The molecule has 2 rings (SSSR count). The predicted molar refractivity (Wildman–Crippen MR) is 91.2 cm³/mol. The number of hydrogen-bond donors (Lipinski definition) is 1. The van der Waals surface area contributed by atoms with Gasteiger partial charge in [0.25, 0.3) is 5.91 Å². The Hall–Kier alpha value is -2.24. The van der Waals surface area contributed by atoms with E-state index in [4.69, 9.17) is 9.47 Å². The van der Waals surface area contributed by atoms with Crippen molar-refractivity contribution in [3.8, 4) is 11.5 Å². The van der Waals surface area contributed by atoms with Gasteiger partial charge < -0.3 is 19.7 Å². The van der Waals surface area contributed by atoms with Crippen molar-refractivity contribution >= 4 is 11.8 Å². The number of ether oxygens (including phenoxy) is 2. The molecule has 0 radical (unpaired) electrons. The molecule has 0 spiro atoms. The van der Waals surface area contributed by atoms with Gasteiger partial charge in [0.05, 0.1) is 7.11 Å². The Balaban J connectivity index is 1.63. The number of nitrogens with zero attached hydrogens (tertiary/aromatic N) is 1. The Bertz CT molecular complexity index is 548. The van der Waals surface area contributed by atoms with Crippen LogP contribution in [0.5, 0.6) is 11.5 Å². The fraction of sp³-hybridized carbons (Fsp3) is 0.556. The highest BCUT2D eigenvalue weighted by atomic mass is 16.5. The number of benzene rings is 1. The minimum atomic E-state index is -0.178. The third kappa shape index (κ3) is 5.76. The summed E-state index contributed by atoms with van der Waals surface area (Å²) in [6.07, 6.45) is 4.60. The molecule has 1 aromatic rings. The summed E-state index contributed by atoms with van der Waals surface area (Å²) in [6.45, 7) is 2.02. The van der Waals surface area contributed by atoms with Gasteiger partial charge in [0.1, 0.15) is 0 Å². The highest BCUT2D eigenvalue weighted by molar-refractivity contribution is 5.77. The Kier molecular flexibility index (Phi) is 7.39. The molecule has 0 atom stereocenters.